The lowest BCUT2D eigenvalue weighted by atomic mass is 10.1. The van der Waals surface area contributed by atoms with Gasteiger partial charge >= 0.3 is 0 Å². The van der Waals surface area contributed by atoms with Crippen LogP contribution in [0.3, 0.4) is 0 Å². The normalized spacial score (nSPS) is 14.9. The number of amides is 1. The van der Waals surface area contributed by atoms with E-state index < -0.39 is 0 Å². The van der Waals surface area contributed by atoms with Gasteiger partial charge in [0, 0.05) is 36.5 Å². The molecule has 1 amide bonds. The number of ether oxygens (including phenoxy) is 2. The van der Waals surface area contributed by atoms with Crippen LogP contribution in [-0.4, -0.2) is 28.8 Å². The van der Waals surface area contributed by atoms with Gasteiger partial charge in [0.1, 0.15) is 17.6 Å². The van der Waals surface area contributed by atoms with Crippen molar-refractivity contribution in [1.29, 1.82) is 0 Å². The van der Waals surface area contributed by atoms with E-state index in [0.717, 1.165) is 23.3 Å². The van der Waals surface area contributed by atoms with Crippen molar-refractivity contribution in [3.63, 3.8) is 0 Å². The van der Waals surface area contributed by atoms with Gasteiger partial charge in [0.25, 0.3) is 0 Å². The molecule has 7 heteroatoms. The highest BCUT2D eigenvalue weighted by Crippen LogP contribution is 2.38. The average molecular weight is 393 g/mol. The monoisotopic (exact) mass is 393 g/mol. The number of carbonyl (C=O) groups excluding carboxylic acids is 1. The minimum absolute atomic E-state index is 0.127. The largest absolute Gasteiger partial charge is 0.492 e. The van der Waals surface area contributed by atoms with E-state index >= 15 is 0 Å². The van der Waals surface area contributed by atoms with Gasteiger partial charge in [-0.15, -0.1) is 10.2 Å². The highest BCUT2D eigenvalue weighted by molar-refractivity contribution is 5.92. The number of rotatable bonds is 7. The first-order valence-electron chi connectivity index (χ1n) is 9.76. The number of benzene rings is 2. The molecule has 0 saturated heterocycles. The zero-order valence-electron chi connectivity index (χ0n) is 16.5. The molecule has 4 rings (SSSR count). The third kappa shape index (κ3) is 4.39. The lowest BCUT2D eigenvalue weighted by Crippen LogP contribution is -2.13. The quantitative estimate of drug-likeness (QED) is 0.652. The molecule has 1 N–H and O–H groups in total. The summed E-state index contributed by atoms with van der Waals surface area (Å²) in [6.45, 7) is 4.45. The SMILES string of the molecule is CCOc1cc2c(cc1NC(=O)CCc1nnc(-c3ccccc3)o1)O[C@H](C)C2. The van der Waals surface area contributed by atoms with Gasteiger partial charge in [0.15, 0.2) is 0 Å². The summed E-state index contributed by atoms with van der Waals surface area (Å²) in [6.07, 6.45) is 1.54. The molecule has 150 valence electrons. The molecule has 0 bridgehead atoms. The molecule has 1 aliphatic rings. The van der Waals surface area contributed by atoms with Crippen molar-refractivity contribution in [2.75, 3.05) is 11.9 Å². The smallest absolute Gasteiger partial charge is 0.247 e. The van der Waals surface area contributed by atoms with Crippen LogP contribution in [0, 0.1) is 0 Å². The highest BCUT2D eigenvalue weighted by atomic mass is 16.5. The van der Waals surface area contributed by atoms with Gasteiger partial charge in [-0.1, -0.05) is 18.2 Å². The van der Waals surface area contributed by atoms with Crippen LogP contribution < -0.4 is 14.8 Å². The Kier molecular flexibility index (Phi) is 5.46. The summed E-state index contributed by atoms with van der Waals surface area (Å²) in [4.78, 5) is 12.5. The fourth-order valence-electron chi connectivity index (χ4n) is 3.30. The van der Waals surface area contributed by atoms with E-state index in [2.05, 4.69) is 15.5 Å². The minimum atomic E-state index is -0.156. The second-order valence-electron chi connectivity index (χ2n) is 6.94. The van der Waals surface area contributed by atoms with Crippen LogP contribution in [0.2, 0.25) is 0 Å². The van der Waals surface area contributed by atoms with Gasteiger partial charge < -0.3 is 19.2 Å². The van der Waals surface area contributed by atoms with E-state index in [1.807, 2.05) is 56.3 Å². The summed E-state index contributed by atoms with van der Waals surface area (Å²) in [7, 11) is 0. The molecule has 0 aliphatic carbocycles. The maximum Gasteiger partial charge on any atom is 0.247 e. The first-order valence-corrected chi connectivity index (χ1v) is 9.76. The maximum absolute atomic E-state index is 12.5. The van der Waals surface area contributed by atoms with Gasteiger partial charge in [-0.2, -0.15) is 0 Å². The molecule has 0 saturated carbocycles. The van der Waals surface area contributed by atoms with Crippen LogP contribution >= 0.6 is 0 Å². The summed E-state index contributed by atoms with van der Waals surface area (Å²) in [5, 5.41) is 11.0. The van der Waals surface area contributed by atoms with E-state index in [0.29, 0.717) is 36.2 Å². The Bertz CT molecular complexity index is 1000. The number of nitrogens with one attached hydrogen (secondary N) is 1. The zero-order chi connectivity index (χ0) is 20.2. The zero-order valence-corrected chi connectivity index (χ0v) is 16.5. The Morgan fingerprint density at radius 2 is 2.07 bits per heavy atom. The highest BCUT2D eigenvalue weighted by Gasteiger charge is 2.22. The number of carbonyl (C=O) groups is 1. The third-order valence-electron chi connectivity index (χ3n) is 4.63. The Balaban J connectivity index is 1.40. The Morgan fingerprint density at radius 1 is 1.24 bits per heavy atom. The van der Waals surface area contributed by atoms with Crippen LogP contribution in [0.4, 0.5) is 5.69 Å². The van der Waals surface area contributed by atoms with E-state index in [9.17, 15) is 4.79 Å². The van der Waals surface area contributed by atoms with Gasteiger partial charge in [-0.05, 0) is 32.0 Å². The Hall–Kier alpha value is -3.35. The number of nitrogens with zero attached hydrogens (tertiary/aromatic N) is 2. The Morgan fingerprint density at radius 3 is 2.86 bits per heavy atom. The van der Waals surface area contributed by atoms with Crippen molar-refractivity contribution in [3.05, 3.63) is 53.9 Å². The molecule has 1 aromatic heterocycles. The summed E-state index contributed by atoms with van der Waals surface area (Å²) < 4.78 is 17.2. The van der Waals surface area contributed by atoms with Crippen LogP contribution in [0.5, 0.6) is 11.5 Å². The van der Waals surface area contributed by atoms with Crippen molar-refractivity contribution in [1.82, 2.24) is 10.2 Å². The molecular formula is C22H23N3O4. The molecule has 0 spiro atoms. The molecule has 0 fully saturated rings. The van der Waals surface area contributed by atoms with E-state index in [4.69, 9.17) is 13.9 Å². The summed E-state index contributed by atoms with van der Waals surface area (Å²) >= 11 is 0. The lowest BCUT2D eigenvalue weighted by Gasteiger charge is -2.13. The standard InChI is InChI=1S/C22H23N3O4/c1-3-27-19-12-16-11-14(2)28-18(16)13-17(19)23-20(26)9-10-21-24-25-22(29-21)15-7-5-4-6-8-15/h4-8,12-14H,3,9-11H2,1-2H3,(H,23,26)/t14-/m1/s1. The van der Waals surface area contributed by atoms with Crippen LogP contribution in [0.15, 0.2) is 46.9 Å². The minimum Gasteiger partial charge on any atom is -0.492 e. The van der Waals surface area contributed by atoms with Gasteiger partial charge in [0.05, 0.1) is 12.3 Å². The van der Waals surface area contributed by atoms with Crippen molar-refractivity contribution >= 4 is 11.6 Å². The van der Waals surface area contributed by atoms with Gasteiger partial charge in [-0.25, -0.2) is 0 Å². The van der Waals surface area contributed by atoms with Crippen molar-refractivity contribution < 1.29 is 18.7 Å². The molecule has 0 radical (unpaired) electrons. The molecule has 29 heavy (non-hydrogen) atoms. The van der Waals surface area contributed by atoms with Crippen LogP contribution in [0.1, 0.15) is 31.7 Å². The first-order chi connectivity index (χ1) is 14.1. The van der Waals surface area contributed by atoms with E-state index in [1.54, 1.807) is 0 Å². The maximum atomic E-state index is 12.5. The number of fused-ring (bicyclic) bond motifs is 1. The number of hydrogen-bond donors (Lipinski definition) is 1. The second-order valence-corrected chi connectivity index (χ2v) is 6.94. The molecule has 3 aromatic rings. The molecule has 2 aromatic carbocycles. The summed E-state index contributed by atoms with van der Waals surface area (Å²) in [5.74, 6) is 2.16. The van der Waals surface area contributed by atoms with Gasteiger partial charge in [-0.3, -0.25) is 4.79 Å². The van der Waals surface area contributed by atoms with Crippen LogP contribution in [0.25, 0.3) is 11.5 Å². The molecule has 0 unspecified atom stereocenters. The topological polar surface area (TPSA) is 86.5 Å². The summed E-state index contributed by atoms with van der Waals surface area (Å²) in [5.41, 5.74) is 2.56. The molecule has 2 heterocycles. The molecular weight excluding hydrogens is 370 g/mol. The third-order valence-corrected chi connectivity index (χ3v) is 4.63. The number of aromatic nitrogens is 2. The molecule has 1 atom stereocenters. The number of aryl methyl sites for hydroxylation is 1. The predicted octanol–water partition coefficient (Wildman–Crippen LogP) is 4.03. The van der Waals surface area contributed by atoms with Crippen molar-refractivity contribution in [2.24, 2.45) is 0 Å². The van der Waals surface area contributed by atoms with E-state index in [1.165, 1.54) is 0 Å². The Labute approximate surface area is 169 Å². The second kappa shape index (κ2) is 8.34. The van der Waals surface area contributed by atoms with E-state index in [-0.39, 0.29) is 18.4 Å². The molecule has 1 aliphatic heterocycles. The first kappa shape index (κ1) is 19.0. The number of anilines is 1. The fraction of sp³-hybridized carbons (Fsp3) is 0.318. The lowest BCUT2D eigenvalue weighted by molar-refractivity contribution is -0.116. The molecule has 7 nitrogen and oxygen atoms in total. The van der Waals surface area contributed by atoms with Crippen molar-refractivity contribution in [3.8, 4) is 23.0 Å². The van der Waals surface area contributed by atoms with Crippen LogP contribution in [-0.2, 0) is 17.6 Å². The predicted molar refractivity (Wildman–Crippen MR) is 108 cm³/mol. The van der Waals surface area contributed by atoms with Crippen molar-refractivity contribution in [2.45, 2.75) is 39.2 Å². The number of hydrogen-bond acceptors (Lipinski definition) is 6. The average Bonchev–Trinajstić information content (AvgIpc) is 3.33. The van der Waals surface area contributed by atoms with Gasteiger partial charge in [0.2, 0.25) is 17.7 Å². The summed E-state index contributed by atoms with van der Waals surface area (Å²) in [6, 6.07) is 13.3. The fourth-order valence-corrected chi connectivity index (χ4v) is 3.30.